The predicted molar refractivity (Wildman–Crippen MR) is 121 cm³/mol. The fraction of sp³-hybridized carbons (Fsp3) is 0.333. The molecule has 0 bridgehead atoms. The van der Waals surface area contributed by atoms with Crippen LogP contribution in [0, 0.1) is 0 Å². The molecule has 0 spiro atoms. The number of hydrogen-bond donors (Lipinski definition) is 0. The van der Waals surface area contributed by atoms with E-state index in [9.17, 15) is 9.59 Å². The number of carbonyl (C=O) groups is 2. The maximum absolute atomic E-state index is 13.7. The van der Waals surface area contributed by atoms with Gasteiger partial charge in [-0.25, -0.2) is 0 Å². The summed E-state index contributed by atoms with van der Waals surface area (Å²) in [6.07, 6.45) is 2.08. The fourth-order valence-electron chi connectivity index (χ4n) is 4.87. The minimum Gasteiger partial charge on any atom is -0.335 e. The molecule has 0 N–H and O–H groups in total. The van der Waals surface area contributed by atoms with Crippen molar-refractivity contribution in [3.63, 3.8) is 0 Å². The van der Waals surface area contributed by atoms with Crippen LogP contribution < -0.4 is 0 Å². The first kappa shape index (κ1) is 19.5. The Morgan fingerprint density at radius 3 is 2.57 bits per heavy atom. The van der Waals surface area contributed by atoms with Gasteiger partial charge in [0.15, 0.2) is 0 Å². The number of carbonyl (C=O) groups excluding carboxylic acids is 2. The van der Waals surface area contributed by atoms with E-state index in [1.807, 2.05) is 21.9 Å². The van der Waals surface area contributed by atoms with Crippen molar-refractivity contribution in [2.75, 3.05) is 13.1 Å². The molecule has 0 fully saturated rings. The summed E-state index contributed by atoms with van der Waals surface area (Å²) >= 11 is 3.49. The van der Waals surface area contributed by atoms with Gasteiger partial charge in [0.25, 0.3) is 0 Å². The Balaban J connectivity index is 1.47. The van der Waals surface area contributed by atoms with Crippen LogP contribution in [-0.2, 0) is 22.4 Å². The van der Waals surface area contributed by atoms with Crippen LogP contribution in [0.2, 0.25) is 0 Å². The molecule has 6 heteroatoms. The number of benzene rings is 1. The van der Waals surface area contributed by atoms with Crippen LogP contribution >= 0.6 is 22.7 Å². The second-order valence-electron chi connectivity index (χ2n) is 7.94. The highest BCUT2D eigenvalue weighted by Gasteiger charge is 2.37. The average molecular weight is 437 g/mol. The van der Waals surface area contributed by atoms with Gasteiger partial charge in [-0.3, -0.25) is 9.59 Å². The first-order chi connectivity index (χ1) is 14.6. The molecule has 0 aliphatic carbocycles. The SMILES string of the molecule is CC(=O)N1CCc2ccccc2C1CC(=O)N1CCc2sccc2C1c1cccs1. The lowest BCUT2D eigenvalue weighted by atomic mass is 9.89. The fourth-order valence-corrected chi connectivity index (χ4v) is 6.63. The van der Waals surface area contributed by atoms with Crippen LogP contribution in [0.25, 0.3) is 0 Å². The molecule has 154 valence electrons. The van der Waals surface area contributed by atoms with Crippen molar-refractivity contribution in [2.24, 2.45) is 0 Å². The minimum atomic E-state index is -0.187. The standard InChI is InChI=1S/C24H24N2O2S2/c1-16(27)25-11-8-17-5-2-3-6-18(17)20(25)15-23(28)26-12-9-21-19(10-14-30-21)24(26)22-7-4-13-29-22/h2-7,10,13-14,20,24H,8-9,11-12,15H2,1H3. The predicted octanol–water partition coefficient (Wildman–Crippen LogP) is 4.82. The van der Waals surface area contributed by atoms with E-state index in [-0.39, 0.29) is 23.9 Å². The first-order valence-electron chi connectivity index (χ1n) is 10.4. The highest BCUT2D eigenvalue weighted by Crippen LogP contribution is 2.41. The summed E-state index contributed by atoms with van der Waals surface area (Å²) in [5.41, 5.74) is 3.63. The van der Waals surface area contributed by atoms with Gasteiger partial charge >= 0.3 is 0 Å². The number of rotatable bonds is 3. The molecule has 4 nitrogen and oxygen atoms in total. The summed E-state index contributed by atoms with van der Waals surface area (Å²) in [6.45, 7) is 3.01. The maximum Gasteiger partial charge on any atom is 0.225 e. The Labute approximate surface area is 184 Å². The molecule has 2 aliphatic heterocycles. The quantitative estimate of drug-likeness (QED) is 0.591. The highest BCUT2D eigenvalue weighted by atomic mass is 32.1. The van der Waals surface area contributed by atoms with Gasteiger partial charge < -0.3 is 9.80 Å². The average Bonchev–Trinajstić information content (AvgIpc) is 3.45. The summed E-state index contributed by atoms with van der Waals surface area (Å²) in [4.78, 5) is 32.5. The second kappa shape index (κ2) is 8.00. The molecular weight excluding hydrogens is 412 g/mol. The Bertz CT molecular complexity index is 1070. The van der Waals surface area contributed by atoms with E-state index in [2.05, 4.69) is 41.1 Å². The normalized spacial score (nSPS) is 20.6. The van der Waals surface area contributed by atoms with Crippen LogP contribution in [0.4, 0.5) is 0 Å². The summed E-state index contributed by atoms with van der Waals surface area (Å²) in [5.74, 6) is 0.161. The van der Waals surface area contributed by atoms with Crippen molar-refractivity contribution in [1.29, 1.82) is 0 Å². The van der Waals surface area contributed by atoms with E-state index < -0.39 is 0 Å². The largest absolute Gasteiger partial charge is 0.335 e. The zero-order chi connectivity index (χ0) is 20.7. The van der Waals surface area contributed by atoms with Crippen molar-refractivity contribution in [3.8, 4) is 0 Å². The molecule has 5 rings (SSSR count). The first-order valence-corrected chi connectivity index (χ1v) is 12.1. The third-order valence-electron chi connectivity index (χ3n) is 6.28. The van der Waals surface area contributed by atoms with Crippen molar-refractivity contribution < 1.29 is 9.59 Å². The van der Waals surface area contributed by atoms with Gasteiger partial charge in [-0.05, 0) is 52.4 Å². The molecule has 2 aromatic heterocycles. The molecule has 2 unspecified atom stereocenters. The van der Waals surface area contributed by atoms with Crippen molar-refractivity contribution in [1.82, 2.24) is 9.80 Å². The van der Waals surface area contributed by atoms with Gasteiger partial charge in [0, 0.05) is 29.8 Å². The highest BCUT2D eigenvalue weighted by molar-refractivity contribution is 7.10. The lowest BCUT2D eigenvalue weighted by Crippen LogP contribution is -2.44. The molecule has 2 aliphatic rings. The number of amides is 2. The summed E-state index contributed by atoms with van der Waals surface area (Å²) in [7, 11) is 0. The maximum atomic E-state index is 13.7. The molecule has 0 saturated carbocycles. The molecule has 30 heavy (non-hydrogen) atoms. The van der Waals surface area contributed by atoms with Crippen LogP contribution in [0.15, 0.2) is 53.2 Å². The van der Waals surface area contributed by atoms with Gasteiger partial charge in [-0.1, -0.05) is 30.3 Å². The molecular formula is C24H24N2O2S2. The molecule has 1 aromatic carbocycles. The Hall–Kier alpha value is -2.44. The van der Waals surface area contributed by atoms with Crippen LogP contribution in [0.5, 0.6) is 0 Å². The van der Waals surface area contributed by atoms with Gasteiger partial charge in [-0.2, -0.15) is 0 Å². The van der Waals surface area contributed by atoms with Crippen LogP contribution in [-0.4, -0.2) is 34.7 Å². The Kier molecular flexibility index (Phi) is 5.21. The molecule has 4 heterocycles. The van der Waals surface area contributed by atoms with E-state index >= 15 is 0 Å². The Morgan fingerprint density at radius 2 is 1.77 bits per heavy atom. The third kappa shape index (κ3) is 3.38. The zero-order valence-electron chi connectivity index (χ0n) is 16.9. The lowest BCUT2D eigenvalue weighted by molar-refractivity contribution is -0.138. The van der Waals surface area contributed by atoms with E-state index in [0.29, 0.717) is 13.0 Å². The van der Waals surface area contributed by atoms with Crippen molar-refractivity contribution in [2.45, 2.75) is 38.3 Å². The van der Waals surface area contributed by atoms with Gasteiger partial charge in [0.05, 0.1) is 18.5 Å². The van der Waals surface area contributed by atoms with Crippen molar-refractivity contribution in [3.05, 3.63) is 79.7 Å². The van der Waals surface area contributed by atoms with E-state index in [0.717, 1.165) is 24.9 Å². The monoisotopic (exact) mass is 436 g/mol. The number of hydrogen-bond acceptors (Lipinski definition) is 4. The van der Waals surface area contributed by atoms with Gasteiger partial charge in [0.1, 0.15) is 0 Å². The second-order valence-corrected chi connectivity index (χ2v) is 9.92. The van der Waals surface area contributed by atoms with E-state index in [1.165, 1.54) is 20.9 Å². The molecule has 2 atom stereocenters. The van der Waals surface area contributed by atoms with E-state index in [4.69, 9.17) is 0 Å². The van der Waals surface area contributed by atoms with E-state index in [1.54, 1.807) is 29.6 Å². The summed E-state index contributed by atoms with van der Waals surface area (Å²) in [6, 6.07) is 14.4. The summed E-state index contributed by atoms with van der Waals surface area (Å²) in [5, 5.41) is 4.21. The summed E-state index contributed by atoms with van der Waals surface area (Å²) < 4.78 is 0. The van der Waals surface area contributed by atoms with Gasteiger partial charge in [-0.15, -0.1) is 22.7 Å². The topological polar surface area (TPSA) is 40.6 Å². The number of nitrogens with zero attached hydrogens (tertiary/aromatic N) is 2. The van der Waals surface area contributed by atoms with Crippen molar-refractivity contribution >= 4 is 34.5 Å². The molecule has 3 aromatic rings. The number of thiophene rings is 2. The molecule has 0 radical (unpaired) electrons. The molecule has 2 amide bonds. The van der Waals surface area contributed by atoms with Gasteiger partial charge in [0.2, 0.25) is 11.8 Å². The van der Waals surface area contributed by atoms with Crippen LogP contribution in [0.3, 0.4) is 0 Å². The lowest BCUT2D eigenvalue weighted by Gasteiger charge is -2.40. The smallest absolute Gasteiger partial charge is 0.225 e. The number of fused-ring (bicyclic) bond motifs is 2. The minimum absolute atomic E-state index is 0.0166. The third-order valence-corrected chi connectivity index (χ3v) is 8.20. The zero-order valence-corrected chi connectivity index (χ0v) is 18.5. The Morgan fingerprint density at radius 1 is 0.933 bits per heavy atom. The molecule has 0 saturated heterocycles. The van der Waals surface area contributed by atoms with Crippen LogP contribution in [0.1, 0.15) is 51.9 Å².